The van der Waals surface area contributed by atoms with Gasteiger partial charge < -0.3 is 4.74 Å². The lowest BCUT2D eigenvalue weighted by molar-refractivity contribution is -0.117. The van der Waals surface area contributed by atoms with Crippen LogP contribution in [0, 0.1) is 5.92 Å². The largest absolute Gasteiger partial charge is 0.487 e. The third-order valence-corrected chi connectivity index (χ3v) is 2.39. The maximum Gasteiger partial charge on any atom is 0.159 e. The Kier molecular flexibility index (Phi) is 3.66. The number of ketones is 1. The summed E-state index contributed by atoms with van der Waals surface area (Å²) in [6.45, 7) is 2.56. The summed E-state index contributed by atoms with van der Waals surface area (Å²) in [5.74, 6) is 0.829. The van der Waals surface area contributed by atoms with E-state index in [0.717, 1.165) is 19.3 Å². The molecule has 1 unspecified atom stereocenters. The van der Waals surface area contributed by atoms with Crippen molar-refractivity contribution in [3.63, 3.8) is 0 Å². The quantitative estimate of drug-likeness (QED) is 0.631. The first kappa shape index (κ1) is 9.65. The molecule has 0 heterocycles. The topological polar surface area (TPSA) is 26.3 Å². The van der Waals surface area contributed by atoms with E-state index in [1.165, 1.54) is 0 Å². The average molecular weight is 186 g/mol. The van der Waals surface area contributed by atoms with E-state index in [2.05, 4.69) is 0 Å². The molecule has 0 aliphatic heterocycles. The molecule has 0 saturated heterocycles. The molecule has 0 radical (unpaired) electrons. The molecule has 0 spiro atoms. The number of Topliss-reactive ketones (excluding diaryl/α,β-unsaturated/α-hetero) is 1. The highest BCUT2D eigenvalue weighted by Crippen LogP contribution is 2.25. The van der Waals surface area contributed by atoms with E-state index in [1.54, 1.807) is 0 Å². The Bertz CT molecular complexity index is 189. The Morgan fingerprint density at radius 2 is 2.50 bits per heavy atom. The van der Waals surface area contributed by atoms with Gasteiger partial charge in [0.05, 0.1) is 6.61 Å². The van der Waals surface area contributed by atoms with Crippen LogP contribution in [-0.4, -0.2) is 17.4 Å². The van der Waals surface area contributed by atoms with Crippen LogP contribution in [0.25, 0.3) is 0 Å². The Morgan fingerprint density at radius 1 is 1.75 bits per heavy atom. The van der Waals surface area contributed by atoms with Crippen LogP contribution in [0.5, 0.6) is 0 Å². The van der Waals surface area contributed by atoms with Gasteiger partial charge in [-0.2, -0.15) is 0 Å². The summed E-state index contributed by atoms with van der Waals surface area (Å²) in [5.41, 5.74) is 0. The second-order valence-electron chi connectivity index (χ2n) is 3.16. The van der Waals surface area contributed by atoms with Crippen molar-refractivity contribution in [3.8, 4) is 0 Å². The van der Waals surface area contributed by atoms with E-state index in [4.69, 9.17) is 17.0 Å². The Balaban J connectivity index is 2.23. The van der Waals surface area contributed by atoms with Crippen molar-refractivity contribution in [3.05, 3.63) is 0 Å². The predicted octanol–water partition coefficient (Wildman–Crippen LogP) is 2.11. The number of hydrogen-bond acceptors (Lipinski definition) is 3. The van der Waals surface area contributed by atoms with E-state index in [9.17, 15) is 4.79 Å². The first-order valence-corrected chi connectivity index (χ1v) is 4.80. The number of carbonyl (C=O) groups excluding carboxylic acids is 1. The zero-order chi connectivity index (χ0) is 8.97. The van der Waals surface area contributed by atoms with Crippen molar-refractivity contribution in [1.82, 2.24) is 0 Å². The van der Waals surface area contributed by atoms with Crippen LogP contribution in [0.3, 0.4) is 0 Å². The van der Waals surface area contributed by atoms with Gasteiger partial charge in [0, 0.05) is 19.3 Å². The normalized spacial score (nSPS) is 22.8. The Labute approximate surface area is 78.3 Å². The first-order chi connectivity index (χ1) is 5.72. The van der Waals surface area contributed by atoms with Crippen molar-refractivity contribution in [2.75, 3.05) is 6.61 Å². The van der Waals surface area contributed by atoms with Gasteiger partial charge in [-0.1, -0.05) is 0 Å². The summed E-state index contributed by atoms with van der Waals surface area (Å²) >= 11 is 4.99. The lowest BCUT2D eigenvalue weighted by Crippen LogP contribution is -2.07. The molecule has 12 heavy (non-hydrogen) atoms. The minimum absolute atomic E-state index is 0.374. The first-order valence-electron chi connectivity index (χ1n) is 4.39. The van der Waals surface area contributed by atoms with Gasteiger partial charge in [-0.25, -0.2) is 0 Å². The fourth-order valence-electron chi connectivity index (χ4n) is 1.52. The van der Waals surface area contributed by atoms with Gasteiger partial charge in [-0.15, -0.1) is 0 Å². The molecular weight excluding hydrogens is 172 g/mol. The molecule has 0 N–H and O–H groups in total. The molecule has 1 fully saturated rings. The van der Waals surface area contributed by atoms with Crippen LogP contribution in [0.15, 0.2) is 0 Å². The second kappa shape index (κ2) is 4.55. The van der Waals surface area contributed by atoms with E-state index in [0.29, 0.717) is 29.8 Å². The fourth-order valence-corrected chi connectivity index (χ4v) is 1.87. The third-order valence-electron chi connectivity index (χ3n) is 2.11. The maximum absolute atomic E-state index is 10.9. The molecule has 0 amide bonds. The molecule has 1 atom stereocenters. The average Bonchev–Trinajstić information content (AvgIpc) is 2.36. The van der Waals surface area contributed by atoms with Crippen molar-refractivity contribution < 1.29 is 9.53 Å². The van der Waals surface area contributed by atoms with Crippen molar-refractivity contribution in [2.24, 2.45) is 5.92 Å². The number of ether oxygens (including phenoxy) is 1. The Morgan fingerprint density at radius 3 is 3.00 bits per heavy atom. The van der Waals surface area contributed by atoms with E-state index < -0.39 is 0 Å². The van der Waals surface area contributed by atoms with E-state index >= 15 is 0 Å². The van der Waals surface area contributed by atoms with Crippen LogP contribution in [-0.2, 0) is 9.53 Å². The maximum atomic E-state index is 10.9. The number of rotatable bonds is 3. The van der Waals surface area contributed by atoms with Gasteiger partial charge in [0.25, 0.3) is 0 Å². The van der Waals surface area contributed by atoms with Crippen molar-refractivity contribution in [1.29, 1.82) is 0 Å². The lowest BCUT2D eigenvalue weighted by atomic mass is 10.1. The molecule has 68 valence electrons. The molecule has 0 bridgehead atoms. The number of carbonyl (C=O) groups is 1. The second-order valence-corrected chi connectivity index (χ2v) is 3.61. The third kappa shape index (κ3) is 2.89. The molecule has 1 saturated carbocycles. The smallest absolute Gasteiger partial charge is 0.159 e. The zero-order valence-electron chi connectivity index (χ0n) is 7.34. The van der Waals surface area contributed by atoms with Crippen molar-refractivity contribution >= 4 is 23.1 Å². The molecule has 2 nitrogen and oxygen atoms in total. The number of hydrogen-bond donors (Lipinski definition) is 0. The monoisotopic (exact) mass is 186 g/mol. The van der Waals surface area contributed by atoms with E-state index in [-0.39, 0.29) is 0 Å². The summed E-state index contributed by atoms with van der Waals surface area (Å²) in [6, 6.07) is 0. The van der Waals surface area contributed by atoms with Crippen molar-refractivity contribution in [2.45, 2.75) is 32.6 Å². The zero-order valence-corrected chi connectivity index (χ0v) is 8.15. The van der Waals surface area contributed by atoms with Gasteiger partial charge in [0.2, 0.25) is 0 Å². The highest BCUT2D eigenvalue weighted by Gasteiger charge is 2.23. The summed E-state index contributed by atoms with van der Waals surface area (Å²) in [6.07, 6.45) is 3.22. The van der Waals surface area contributed by atoms with Crippen LogP contribution >= 0.6 is 12.2 Å². The lowest BCUT2D eigenvalue weighted by Gasteiger charge is -2.08. The summed E-state index contributed by atoms with van der Waals surface area (Å²) in [5, 5.41) is 0.664. The van der Waals surface area contributed by atoms with Gasteiger partial charge >= 0.3 is 0 Å². The minimum atomic E-state index is 0.374. The molecule has 0 aromatic carbocycles. The summed E-state index contributed by atoms with van der Waals surface area (Å²) < 4.78 is 5.16. The Hall–Kier alpha value is -0.440. The predicted molar refractivity (Wildman–Crippen MR) is 51.2 cm³/mol. The van der Waals surface area contributed by atoms with Gasteiger partial charge in [-0.3, -0.25) is 4.79 Å². The van der Waals surface area contributed by atoms with Crippen LogP contribution < -0.4 is 0 Å². The van der Waals surface area contributed by atoms with E-state index in [1.807, 2.05) is 6.92 Å². The molecule has 1 aliphatic carbocycles. The van der Waals surface area contributed by atoms with Gasteiger partial charge in [-0.05, 0) is 31.5 Å². The molecule has 0 aromatic heterocycles. The molecule has 0 aromatic rings. The molecule has 3 heteroatoms. The van der Waals surface area contributed by atoms with Crippen LogP contribution in [0.1, 0.15) is 32.6 Å². The van der Waals surface area contributed by atoms with Gasteiger partial charge in [0.1, 0.15) is 5.78 Å². The SMILES string of the molecule is CCOC(=S)CC1CCC(=O)C1. The highest BCUT2D eigenvalue weighted by atomic mass is 32.1. The molecule has 1 rings (SSSR count). The standard InChI is InChI=1S/C9H14O2S/c1-2-11-9(12)6-7-3-4-8(10)5-7/h7H,2-6H2,1H3. The van der Waals surface area contributed by atoms with Gasteiger partial charge in [0.15, 0.2) is 5.05 Å². The minimum Gasteiger partial charge on any atom is -0.487 e. The summed E-state index contributed by atoms with van der Waals surface area (Å²) in [7, 11) is 0. The molecule has 1 aliphatic rings. The molecular formula is C9H14O2S. The number of thiocarbonyl (C=S) groups is 1. The van der Waals surface area contributed by atoms with Crippen LogP contribution in [0.2, 0.25) is 0 Å². The van der Waals surface area contributed by atoms with Crippen LogP contribution in [0.4, 0.5) is 0 Å². The highest BCUT2D eigenvalue weighted by molar-refractivity contribution is 7.80. The fraction of sp³-hybridized carbons (Fsp3) is 0.778. The summed E-state index contributed by atoms with van der Waals surface area (Å²) in [4.78, 5) is 10.9.